The molecule has 0 aromatic rings. The molecule has 5 atom stereocenters. The molecule has 1 aliphatic heterocycles. The van der Waals surface area contributed by atoms with Gasteiger partial charge in [-0.2, -0.15) is 0 Å². The van der Waals surface area contributed by atoms with Crippen LogP contribution in [0.4, 0.5) is 0 Å². The number of alkyl halides is 2. The zero-order chi connectivity index (χ0) is 11.9. The van der Waals surface area contributed by atoms with Crippen molar-refractivity contribution in [3.8, 4) is 0 Å². The van der Waals surface area contributed by atoms with E-state index in [2.05, 4.69) is 15.9 Å². The third-order valence-corrected chi connectivity index (χ3v) is 5.06. The standard InChI is InChI=1S/C10H12BrClO4/c1-2-15-10(14)6-4-3-5(16-9(4)13)7(11)8(6)12/h4-8H,2-3H2,1H3/t4-,5-,6-,7+,8-/m1/s1. The highest BCUT2D eigenvalue weighted by Crippen LogP contribution is 2.44. The Morgan fingerprint density at radius 3 is 3.00 bits per heavy atom. The number of hydrogen-bond donors (Lipinski definition) is 0. The minimum atomic E-state index is -0.600. The van der Waals surface area contributed by atoms with Crippen LogP contribution in [0.15, 0.2) is 0 Å². The summed E-state index contributed by atoms with van der Waals surface area (Å²) >= 11 is 9.56. The van der Waals surface area contributed by atoms with Gasteiger partial charge in [-0.3, -0.25) is 9.59 Å². The number of fused-ring (bicyclic) bond motifs is 2. The Bertz CT molecular complexity index is 322. The minimum absolute atomic E-state index is 0.189. The molecule has 1 aliphatic carbocycles. The third-order valence-electron chi connectivity index (χ3n) is 3.05. The molecule has 1 saturated heterocycles. The zero-order valence-corrected chi connectivity index (χ0v) is 11.0. The van der Waals surface area contributed by atoms with Crippen molar-refractivity contribution in [3.05, 3.63) is 0 Å². The summed E-state index contributed by atoms with van der Waals surface area (Å²) in [5, 5.41) is -0.464. The van der Waals surface area contributed by atoms with Gasteiger partial charge in [0.25, 0.3) is 0 Å². The van der Waals surface area contributed by atoms with Gasteiger partial charge < -0.3 is 9.47 Å². The van der Waals surface area contributed by atoms with Gasteiger partial charge in [0.15, 0.2) is 0 Å². The van der Waals surface area contributed by atoms with E-state index < -0.39 is 23.2 Å². The van der Waals surface area contributed by atoms with E-state index in [0.29, 0.717) is 6.42 Å². The van der Waals surface area contributed by atoms with Gasteiger partial charge in [-0.1, -0.05) is 15.9 Å². The van der Waals surface area contributed by atoms with Crippen LogP contribution in [-0.2, 0) is 19.1 Å². The van der Waals surface area contributed by atoms with E-state index in [-0.39, 0.29) is 23.5 Å². The van der Waals surface area contributed by atoms with Gasteiger partial charge in [0.05, 0.1) is 28.6 Å². The fourth-order valence-electron chi connectivity index (χ4n) is 2.28. The van der Waals surface area contributed by atoms with Crippen molar-refractivity contribution in [1.82, 2.24) is 0 Å². The lowest BCUT2D eigenvalue weighted by atomic mass is 9.79. The van der Waals surface area contributed by atoms with Gasteiger partial charge in [-0.25, -0.2) is 0 Å². The van der Waals surface area contributed by atoms with E-state index in [4.69, 9.17) is 21.1 Å². The molecule has 0 N–H and O–H groups in total. The average Bonchev–Trinajstić information content (AvgIpc) is 2.56. The largest absolute Gasteiger partial charge is 0.466 e. The fourth-order valence-corrected chi connectivity index (χ4v) is 3.37. The zero-order valence-electron chi connectivity index (χ0n) is 8.69. The second-order valence-corrected chi connectivity index (χ2v) is 5.55. The molecule has 6 heteroatoms. The first kappa shape index (κ1) is 12.2. The van der Waals surface area contributed by atoms with Gasteiger partial charge in [-0.15, -0.1) is 11.6 Å². The van der Waals surface area contributed by atoms with Crippen molar-refractivity contribution in [2.75, 3.05) is 6.61 Å². The van der Waals surface area contributed by atoms with Crippen LogP contribution >= 0.6 is 27.5 Å². The summed E-state index contributed by atoms with van der Waals surface area (Å²) in [5.74, 6) is -1.79. The molecule has 0 spiro atoms. The highest BCUT2D eigenvalue weighted by Gasteiger charge is 2.56. The Morgan fingerprint density at radius 1 is 1.69 bits per heavy atom. The molecule has 0 aromatic heterocycles. The van der Waals surface area contributed by atoms with E-state index in [1.165, 1.54) is 0 Å². The Balaban J connectivity index is 2.21. The summed E-state index contributed by atoms with van der Waals surface area (Å²) in [7, 11) is 0. The first-order chi connectivity index (χ1) is 7.56. The monoisotopic (exact) mass is 310 g/mol. The van der Waals surface area contributed by atoms with Crippen LogP contribution in [0.2, 0.25) is 0 Å². The molecule has 2 bridgehead atoms. The highest BCUT2D eigenvalue weighted by atomic mass is 79.9. The van der Waals surface area contributed by atoms with Crippen LogP contribution in [-0.4, -0.2) is 34.9 Å². The first-order valence-electron chi connectivity index (χ1n) is 5.21. The van der Waals surface area contributed by atoms with Crippen LogP contribution in [0.3, 0.4) is 0 Å². The molecule has 2 aliphatic rings. The molecule has 0 amide bonds. The predicted molar refractivity (Wildman–Crippen MR) is 60.5 cm³/mol. The van der Waals surface area contributed by atoms with Gasteiger partial charge >= 0.3 is 11.9 Å². The highest BCUT2D eigenvalue weighted by molar-refractivity contribution is 9.09. The molecule has 0 unspecified atom stereocenters. The van der Waals surface area contributed by atoms with Gasteiger partial charge in [0, 0.05) is 0 Å². The number of halogens is 2. The van der Waals surface area contributed by atoms with Crippen molar-refractivity contribution in [2.24, 2.45) is 11.8 Å². The smallest absolute Gasteiger partial charge is 0.311 e. The number of rotatable bonds is 2. The Morgan fingerprint density at radius 2 is 2.38 bits per heavy atom. The van der Waals surface area contributed by atoms with Gasteiger partial charge in [0.2, 0.25) is 0 Å². The minimum Gasteiger partial charge on any atom is -0.466 e. The van der Waals surface area contributed by atoms with Crippen molar-refractivity contribution >= 4 is 39.5 Å². The number of carbonyl (C=O) groups is 2. The first-order valence-corrected chi connectivity index (χ1v) is 6.56. The Kier molecular flexibility index (Phi) is 3.45. The molecule has 16 heavy (non-hydrogen) atoms. The van der Waals surface area contributed by atoms with E-state index in [9.17, 15) is 9.59 Å². The summed E-state index contributed by atoms with van der Waals surface area (Å²) in [6.45, 7) is 2.02. The average molecular weight is 312 g/mol. The van der Waals surface area contributed by atoms with E-state index in [1.807, 2.05) is 0 Å². The maximum Gasteiger partial charge on any atom is 0.311 e. The molecular weight excluding hydrogens is 299 g/mol. The van der Waals surface area contributed by atoms with Crippen molar-refractivity contribution in [2.45, 2.75) is 29.7 Å². The lowest BCUT2D eigenvalue weighted by molar-refractivity contribution is -0.154. The van der Waals surface area contributed by atoms with Crippen molar-refractivity contribution < 1.29 is 19.1 Å². The summed E-state index contributed by atoms with van der Waals surface area (Å²) in [5.41, 5.74) is 0. The molecule has 1 heterocycles. The molecular formula is C10H12BrClO4. The van der Waals surface area contributed by atoms with Crippen molar-refractivity contribution in [1.29, 1.82) is 0 Å². The van der Waals surface area contributed by atoms with E-state index in [0.717, 1.165) is 0 Å². The molecule has 0 radical (unpaired) electrons. The maximum absolute atomic E-state index is 11.8. The van der Waals surface area contributed by atoms with Crippen LogP contribution in [0.5, 0.6) is 0 Å². The van der Waals surface area contributed by atoms with E-state index in [1.54, 1.807) is 6.92 Å². The second kappa shape index (κ2) is 4.53. The Labute approximate surface area is 107 Å². The molecule has 4 nitrogen and oxygen atoms in total. The lowest BCUT2D eigenvalue weighted by Crippen LogP contribution is -2.45. The van der Waals surface area contributed by atoms with E-state index >= 15 is 0 Å². The Hall–Kier alpha value is -0.290. The maximum atomic E-state index is 11.8. The second-order valence-electron chi connectivity index (χ2n) is 3.98. The molecule has 90 valence electrons. The molecule has 1 saturated carbocycles. The molecule has 0 aromatic carbocycles. The third kappa shape index (κ3) is 1.84. The summed E-state index contributed by atoms with van der Waals surface area (Å²) in [4.78, 5) is 23.1. The van der Waals surface area contributed by atoms with Crippen LogP contribution < -0.4 is 0 Å². The summed E-state index contributed by atoms with van der Waals surface area (Å²) < 4.78 is 10.1. The SMILES string of the molecule is CCOC(=O)[C@H]1[C@@H](Cl)[C@@H](Br)[C@H]2C[C@H]1C(=O)O2. The van der Waals surface area contributed by atoms with Gasteiger partial charge in [-0.05, 0) is 13.3 Å². The van der Waals surface area contributed by atoms with Crippen molar-refractivity contribution in [3.63, 3.8) is 0 Å². The number of hydrogen-bond acceptors (Lipinski definition) is 4. The number of esters is 2. The number of carbonyl (C=O) groups excluding carboxylic acids is 2. The number of ether oxygens (including phenoxy) is 2. The van der Waals surface area contributed by atoms with Crippen LogP contribution in [0, 0.1) is 11.8 Å². The van der Waals surface area contributed by atoms with Crippen LogP contribution in [0.25, 0.3) is 0 Å². The predicted octanol–water partition coefficient (Wildman–Crippen LogP) is 1.48. The molecule has 2 rings (SSSR count). The summed E-state index contributed by atoms with van der Waals surface area (Å²) in [6.07, 6.45) is 0.326. The summed E-state index contributed by atoms with van der Waals surface area (Å²) in [6, 6.07) is 0. The lowest BCUT2D eigenvalue weighted by Gasteiger charge is -2.31. The van der Waals surface area contributed by atoms with Gasteiger partial charge in [0.1, 0.15) is 6.10 Å². The normalized spacial score (nSPS) is 41.7. The quantitative estimate of drug-likeness (QED) is 0.572. The van der Waals surface area contributed by atoms with Crippen LogP contribution in [0.1, 0.15) is 13.3 Å². The topological polar surface area (TPSA) is 52.6 Å². The molecule has 2 fully saturated rings. The fraction of sp³-hybridized carbons (Fsp3) is 0.800.